The molecule has 4 heterocycles. The Morgan fingerprint density at radius 3 is 2.58 bits per heavy atom. The Kier molecular flexibility index (Phi) is 3.66. The van der Waals surface area contributed by atoms with E-state index in [0.29, 0.717) is 23.6 Å². The van der Waals surface area contributed by atoms with Crippen LogP contribution in [0.3, 0.4) is 0 Å². The molecule has 0 aromatic carbocycles. The molecule has 0 spiro atoms. The van der Waals surface area contributed by atoms with Gasteiger partial charge in [0.15, 0.2) is 17.7 Å². The van der Waals surface area contributed by atoms with E-state index in [1.54, 1.807) is 6.33 Å². The molecule has 0 saturated carbocycles. The second-order valence-electron chi connectivity index (χ2n) is 10.0. The van der Waals surface area contributed by atoms with E-state index in [2.05, 4.69) is 56.5 Å². The normalized spacial score (nSPS) is 31.8. The zero-order valence-corrected chi connectivity index (χ0v) is 16.5. The number of hydrogen-bond acceptors (Lipinski definition) is 6. The van der Waals surface area contributed by atoms with Gasteiger partial charge in [-0.2, -0.15) is 0 Å². The van der Waals surface area contributed by atoms with Crippen LogP contribution < -0.4 is 5.73 Å². The van der Waals surface area contributed by atoms with Crippen LogP contribution in [0.1, 0.15) is 54.2 Å². The van der Waals surface area contributed by atoms with Crippen LogP contribution >= 0.6 is 0 Å². The molecule has 2 aliphatic rings. The maximum absolute atomic E-state index is 6.75. The van der Waals surface area contributed by atoms with Crippen LogP contribution in [0.4, 0.5) is 5.82 Å². The lowest BCUT2D eigenvalue weighted by Gasteiger charge is -2.40. The van der Waals surface area contributed by atoms with Gasteiger partial charge in [-0.25, -0.2) is 15.0 Å². The largest absolute Gasteiger partial charge is 0.382 e. The van der Waals surface area contributed by atoms with Crippen LogP contribution in [0.25, 0.3) is 11.2 Å². The molecule has 0 amide bonds. The quantitative estimate of drug-likeness (QED) is 0.886. The average Bonchev–Trinajstić information content (AvgIpc) is 3.13. The number of aromatic nitrogens is 4. The second-order valence-corrected chi connectivity index (χ2v) is 10.0. The molecule has 4 atom stereocenters. The van der Waals surface area contributed by atoms with Crippen LogP contribution in [0, 0.1) is 16.7 Å². The maximum atomic E-state index is 6.75. The van der Waals surface area contributed by atoms with Gasteiger partial charge in [0.1, 0.15) is 23.5 Å². The van der Waals surface area contributed by atoms with E-state index in [0.717, 1.165) is 6.42 Å². The van der Waals surface area contributed by atoms with Gasteiger partial charge in [0.25, 0.3) is 0 Å². The summed E-state index contributed by atoms with van der Waals surface area (Å²) >= 11 is 0. The first-order valence-corrected chi connectivity index (χ1v) is 9.24. The van der Waals surface area contributed by atoms with Crippen LogP contribution in [0.15, 0.2) is 12.7 Å². The van der Waals surface area contributed by atoms with Gasteiger partial charge in [0.05, 0.1) is 12.9 Å². The van der Waals surface area contributed by atoms with Crippen molar-refractivity contribution in [3.8, 4) is 0 Å². The molecule has 142 valence electrons. The molecule has 2 bridgehead atoms. The van der Waals surface area contributed by atoms with Crippen molar-refractivity contribution in [1.29, 1.82) is 0 Å². The zero-order chi connectivity index (χ0) is 18.9. The van der Waals surface area contributed by atoms with Gasteiger partial charge in [-0.05, 0) is 17.3 Å². The number of fused-ring (bicyclic) bond motifs is 3. The number of nitrogens with zero attached hydrogens (tertiary/aromatic N) is 4. The van der Waals surface area contributed by atoms with Crippen molar-refractivity contribution in [1.82, 2.24) is 19.5 Å². The lowest BCUT2D eigenvalue weighted by atomic mass is 9.66. The summed E-state index contributed by atoms with van der Waals surface area (Å²) in [5.74, 6) is 0.672. The third kappa shape index (κ3) is 2.60. The first-order valence-electron chi connectivity index (χ1n) is 9.24. The third-order valence-electron chi connectivity index (χ3n) is 5.48. The molecular formula is C19H29N5O2. The van der Waals surface area contributed by atoms with Crippen molar-refractivity contribution in [2.45, 2.75) is 65.9 Å². The smallest absolute Gasteiger partial charge is 0.167 e. The summed E-state index contributed by atoms with van der Waals surface area (Å²) in [5.41, 5.74) is 7.15. The molecule has 2 fully saturated rings. The average molecular weight is 359 g/mol. The fourth-order valence-electron chi connectivity index (χ4n) is 5.04. The highest BCUT2D eigenvalue weighted by Crippen LogP contribution is 2.59. The highest BCUT2D eigenvalue weighted by atomic mass is 16.6. The number of nitrogens with two attached hydrogens (primary N) is 1. The molecule has 2 aliphatic heterocycles. The van der Waals surface area contributed by atoms with Gasteiger partial charge in [-0.3, -0.25) is 4.57 Å². The Balaban J connectivity index is 1.79. The Morgan fingerprint density at radius 2 is 1.92 bits per heavy atom. The van der Waals surface area contributed by atoms with Gasteiger partial charge in [-0.1, -0.05) is 41.5 Å². The van der Waals surface area contributed by atoms with Gasteiger partial charge in [0, 0.05) is 5.92 Å². The van der Waals surface area contributed by atoms with E-state index < -0.39 is 0 Å². The summed E-state index contributed by atoms with van der Waals surface area (Å²) < 4.78 is 15.0. The Bertz CT molecular complexity index is 835. The maximum Gasteiger partial charge on any atom is 0.167 e. The van der Waals surface area contributed by atoms with Crippen molar-refractivity contribution in [2.75, 3.05) is 12.3 Å². The Morgan fingerprint density at radius 1 is 1.19 bits per heavy atom. The number of hydrogen-bond donors (Lipinski definition) is 1. The van der Waals surface area contributed by atoms with Gasteiger partial charge in [-0.15, -0.1) is 0 Å². The summed E-state index contributed by atoms with van der Waals surface area (Å²) in [6, 6.07) is 0. The molecule has 7 nitrogen and oxygen atoms in total. The van der Waals surface area contributed by atoms with E-state index in [1.165, 1.54) is 6.33 Å². The predicted octanol–water partition coefficient (Wildman–Crippen LogP) is 3.17. The minimum atomic E-state index is -0.305. The van der Waals surface area contributed by atoms with Crippen molar-refractivity contribution >= 4 is 17.0 Å². The molecule has 2 N–H and O–H groups in total. The highest BCUT2D eigenvalue weighted by Gasteiger charge is 2.65. The Labute approximate surface area is 154 Å². The van der Waals surface area contributed by atoms with Gasteiger partial charge >= 0.3 is 0 Å². The van der Waals surface area contributed by atoms with E-state index in [-0.39, 0.29) is 34.7 Å². The third-order valence-corrected chi connectivity index (χ3v) is 5.48. The van der Waals surface area contributed by atoms with Gasteiger partial charge < -0.3 is 15.2 Å². The monoisotopic (exact) mass is 359 g/mol. The summed E-state index contributed by atoms with van der Waals surface area (Å²) in [6.07, 6.45) is 3.87. The molecule has 0 radical (unpaired) electrons. The molecule has 7 heteroatoms. The molecule has 0 aliphatic carbocycles. The molecular weight excluding hydrogens is 330 g/mol. The fourth-order valence-corrected chi connectivity index (χ4v) is 5.04. The topological polar surface area (TPSA) is 88.1 Å². The first kappa shape index (κ1) is 17.7. The minimum Gasteiger partial charge on any atom is -0.382 e. The van der Waals surface area contributed by atoms with E-state index in [9.17, 15) is 0 Å². The van der Waals surface area contributed by atoms with Crippen LogP contribution in [-0.2, 0) is 9.47 Å². The zero-order valence-electron chi connectivity index (χ0n) is 16.5. The van der Waals surface area contributed by atoms with Gasteiger partial charge in [0.2, 0.25) is 0 Å². The molecule has 2 saturated heterocycles. The molecule has 2 aromatic heterocycles. The standard InChI is InChI=1S/C19H29N5O2/c1-17(2,3)7-19-8-25-12(13(19)18(4,5)6)16(26-19)24-10-23-11-14(20)21-9-22-15(11)24/h9-10,12-13,16H,7-8H2,1-6H3,(H2,20,21,22)/t12-,13?,16+,19-/m0/s1. The van der Waals surface area contributed by atoms with Crippen LogP contribution in [-0.4, -0.2) is 37.8 Å². The lowest BCUT2D eigenvalue weighted by Crippen LogP contribution is -2.45. The molecule has 1 unspecified atom stereocenters. The summed E-state index contributed by atoms with van der Waals surface area (Å²) in [7, 11) is 0. The summed E-state index contributed by atoms with van der Waals surface area (Å²) in [5, 5.41) is 0. The SMILES string of the molecule is CC(C)(C)C[C@]12CO[C@@H](C1C(C)(C)C)[C@H](n1cnc3c(N)ncnc31)O2. The Hall–Kier alpha value is -1.73. The van der Waals surface area contributed by atoms with Crippen molar-refractivity contribution in [2.24, 2.45) is 16.7 Å². The van der Waals surface area contributed by atoms with E-state index in [4.69, 9.17) is 15.2 Å². The lowest BCUT2D eigenvalue weighted by molar-refractivity contribution is -0.182. The number of nitrogen functional groups attached to an aromatic ring is 1. The van der Waals surface area contributed by atoms with Crippen molar-refractivity contribution < 1.29 is 9.47 Å². The predicted molar refractivity (Wildman–Crippen MR) is 99.3 cm³/mol. The minimum absolute atomic E-state index is 0.0362. The summed E-state index contributed by atoms with van der Waals surface area (Å²) in [6.45, 7) is 14.2. The molecule has 26 heavy (non-hydrogen) atoms. The first-order chi connectivity index (χ1) is 12.0. The molecule has 4 rings (SSSR count). The second kappa shape index (κ2) is 5.39. The number of ether oxygens (including phenoxy) is 2. The number of anilines is 1. The highest BCUT2D eigenvalue weighted by molar-refractivity contribution is 5.81. The van der Waals surface area contributed by atoms with Crippen molar-refractivity contribution in [3.63, 3.8) is 0 Å². The summed E-state index contributed by atoms with van der Waals surface area (Å²) in [4.78, 5) is 12.8. The molecule has 2 aromatic rings. The number of rotatable bonds is 2. The number of imidazole rings is 1. The van der Waals surface area contributed by atoms with Crippen LogP contribution in [0.2, 0.25) is 0 Å². The van der Waals surface area contributed by atoms with Crippen LogP contribution in [0.5, 0.6) is 0 Å². The van der Waals surface area contributed by atoms with E-state index in [1.807, 2.05) is 4.57 Å². The fraction of sp³-hybridized carbons (Fsp3) is 0.737. The van der Waals surface area contributed by atoms with E-state index >= 15 is 0 Å². The van der Waals surface area contributed by atoms with Crippen molar-refractivity contribution in [3.05, 3.63) is 12.7 Å².